The average Bonchev–Trinajstić information content (AvgIpc) is 2.33. The molecule has 2 N–H and O–H groups in total. The van der Waals surface area contributed by atoms with Crippen molar-refractivity contribution in [2.75, 3.05) is 0 Å². The fraction of sp³-hybridized carbons (Fsp3) is 0. The third-order valence-corrected chi connectivity index (χ3v) is 2.44. The monoisotopic (exact) mass is 247 g/mol. The maximum absolute atomic E-state index is 10.9. The number of rotatable bonds is 3. The van der Waals surface area contributed by atoms with Crippen LogP contribution in [0.25, 0.3) is 0 Å². The quantitative estimate of drug-likeness (QED) is 0.905. The predicted molar refractivity (Wildman–Crippen MR) is 66.5 cm³/mol. The van der Waals surface area contributed by atoms with Gasteiger partial charge in [0.25, 0.3) is 0 Å². The first kappa shape index (κ1) is 11.5. The number of carbonyl (C=O) groups excluding carboxylic acids is 1. The van der Waals surface area contributed by atoms with Gasteiger partial charge in [-0.25, -0.2) is 0 Å². The lowest BCUT2D eigenvalue weighted by molar-refractivity contribution is 0.100. The number of halogens is 1. The Morgan fingerprint density at radius 2 is 1.41 bits per heavy atom. The first-order chi connectivity index (χ1) is 8.15. The van der Waals surface area contributed by atoms with E-state index >= 15 is 0 Å². The highest BCUT2D eigenvalue weighted by Gasteiger charge is 2.01. The Bertz CT molecular complexity index is 520. The summed E-state index contributed by atoms with van der Waals surface area (Å²) in [5.41, 5.74) is 5.59. The molecule has 0 atom stereocenters. The molecule has 2 rings (SSSR count). The van der Waals surface area contributed by atoms with Gasteiger partial charge in [-0.3, -0.25) is 4.79 Å². The van der Waals surface area contributed by atoms with Crippen molar-refractivity contribution in [2.24, 2.45) is 5.73 Å². The van der Waals surface area contributed by atoms with Crippen LogP contribution in [0.5, 0.6) is 11.5 Å². The van der Waals surface area contributed by atoms with Gasteiger partial charge in [0.1, 0.15) is 11.5 Å². The summed E-state index contributed by atoms with van der Waals surface area (Å²) >= 11 is 5.76. The van der Waals surface area contributed by atoms with E-state index in [2.05, 4.69) is 0 Å². The van der Waals surface area contributed by atoms with Crippen LogP contribution >= 0.6 is 11.6 Å². The van der Waals surface area contributed by atoms with E-state index in [0.29, 0.717) is 22.1 Å². The van der Waals surface area contributed by atoms with Gasteiger partial charge in [0, 0.05) is 10.6 Å². The van der Waals surface area contributed by atoms with Crippen LogP contribution in [0.2, 0.25) is 5.02 Å². The van der Waals surface area contributed by atoms with E-state index in [9.17, 15) is 4.79 Å². The first-order valence-electron chi connectivity index (χ1n) is 4.98. The topological polar surface area (TPSA) is 52.3 Å². The van der Waals surface area contributed by atoms with Gasteiger partial charge in [0.05, 0.1) is 0 Å². The number of primary amides is 1. The molecule has 4 heteroatoms. The van der Waals surface area contributed by atoms with E-state index < -0.39 is 5.91 Å². The number of nitrogens with two attached hydrogens (primary N) is 1. The Kier molecular flexibility index (Phi) is 3.30. The number of hydrogen-bond acceptors (Lipinski definition) is 2. The summed E-state index contributed by atoms with van der Waals surface area (Å²) in [6, 6.07) is 13.6. The van der Waals surface area contributed by atoms with Crippen LogP contribution in [0.15, 0.2) is 48.5 Å². The summed E-state index contributed by atoms with van der Waals surface area (Å²) in [5.74, 6) is 0.863. The average molecular weight is 248 g/mol. The first-order valence-corrected chi connectivity index (χ1v) is 5.36. The summed E-state index contributed by atoms with van der Waals surface area (Å²) in [6.07, 6.45) is 0. The molecule has 0 saturated heterocycles. The lowest BCUT2D eigenvalue weighted by Crippen LogP contribution is -2.10. The van der Waals surface area contributed by atoms with Crippen molar-refractivity contribution >= 4 is 17.5 Å². The van der Waals surface area contributed by atoms with Crippen molar-refractivity contribution in [1.82, 2.24) is 0 Å². The second kappa shape index (κ2) is 4.89. The third kappa shape index (κ3) is 2.98. The van der Waals surface area contributed by atoms with Crippen LogP contribution in [-0.4, -0.2) is 5.91 Å². The second-order valence-electron chi connectivity index (χ2n) is 3.44. The fourth-order valence-corrected chi connectivity index (χ4v) is 1.45. The number of amides is 1. The van der Waals surface area contributed by atoms with E-state index in [1.54, 1.807) is 48.5 Å². The Morgan fingerprint density at radius 3 is 1.88 bits per heavy atom. The van der Waals surface area contributed by atoms with E-state index in [0.717, 1.165) is 0 Å². The number of ether oxygens (including phenoxy) is 1. The van der Waals surface area contributed by atoms with Gasteiger partial charge in [0.15, 0.2) is 0 Å². The summed E-state index contributed by atoms with van der Waals surface area (Å²) in [5, 5.41) is 0.654. The largest absolute Gasteiger partial charge is 0.457 e. The van der Waals surface area contributed by atoms with Crippen LogP contribution in [0.3, 0.4) is 0 Å². The van der Waals surface area contributed by atoms with Gasteiger partial charge in [0.2, 0.25) is 5.91 Å². The molecule has 0 saturated carbocycles. The number of benzene rings is 2. The SMILES string of the molecule is NC(=O)c1ccc(Oc2ccc(Cl)cc2)cc1. The standard InChI is InChI=1S/C13H10ClNO2/c14-10-3-7-12(8-4-10)17-11-5-1-9(2-6-11)13(15)16/h1-8H,(H2,15,16). The predicted octanol–water partition coefficient (Wildman–Crippen LogP) is 3.23. The normalized spacial score (nSPS) is 9.94. The molecular formula is C13H10ClNO2. The molecule has 0 aliphatic carbocycles. The molecule has 0 radical (unpaired) electrons. The number of hydrogen-bond donors (Lipinski definition) is 1. The molecule has 0 aliphatic heterocycles. The Morgan fingerprint density at radius 1 is 0.941 bits per heavy atom. The Hall–Kier alpha value is -2.00. The van der Waals surface area contributed by atoms with Gasteiger partial charge >= 0.3 is 0 Å². The highest BCUT2D eigenvalue weighted by molar-refractivity contribution is 6.30. The lowest BCUT2D eigenvalue weighted by Gasteiger charge is -2.05. The van der Waals surface area contributed by atoms with Crippen LogP contribution in [0.4, 0.5) is 0 Å². The van der Waals surface area contributed by atoms with E-state index in [1.807, 2.05) is 0 Å². The molecule has 0 spiro atoms. The minimum absolute atomic E-state index is 0.452. The molecule has 3 nitrogen and oxygen atoms in total. The zero-order valence-corrected chi connectivity index (χ0v) is 9.65. The summed E-state index contributed by atoms with van der Waals surface area (Å²) in [6.45, 7) is 0. The second-order valence-corrected chi connectivity index (χ2v) is 3.88. The zero-order chi connectivity index (χ0) is 12.3. The summed E-state index contributed by atoms with van der Waals surface area (Å²) < 4.78 is 5.56. The highest BCUT2D eigenvalue weighted by Crippen LogP contribution is 2.23. The Balaban J connectivity index is 2.13. The zero-order valence-electron chi connectivity index (χ0n) is 8.89. The molecule has 86 valence electrons. The van der Waals surface area contributed by atoms with Crippen molar-refractivity contribution in [2.45, 2.75) is 0 Å². The number of carbonyl (C=O) groups is 1. The molecule has 1 amide bonds. The molecule has 2 aromatic carbocycles. The summed E-state index contributed by atoms with van der Waals surface area (Å²) in [7, 11) is 0. The Labute approximate surface area is 104 Å². The summed E-state index contributed by atoms with van der Waals surface area (Å²) in [4.78, 5) is 10.9. The van der Waals surface area contributed by atoms with E-state index in [1.165, 1.54) is 0 Å². The molecule has 0 bridgehead atoms. The van der Waals surface area contributed by atoms with Gasteiger partial charge in [-0.1, -0.05) is 11.6 Å². The van der Waals surface area contributed by atoms with Crippen molar-refractivity contribution in [3.05, 3.63) is 59.1 Å². The van der Waals surface area contributed by atoms with E-state index in [-0.39, 0.29) is 0 Å². The maximum Gasteiger partial charge on any atom is 0.248 e. The fourth-order valence-electron chi connectivity index (χ4n) is 1.33. The van der Waals surface area contributed by atoms with Gasteiger partial charge in [-0.05, 0) is 48.5 Å². The minimum atomic E-state index is -0.456. The maximum atomic E-state index is 10.9. The van der Waals surface area contributed by atoms with Crippen LogP contribution in [0.1, 0.15) is 10.4 Å². The van der Waals surface area contributed by atoms with Gasteiger partial charge < -0.3 is 10.5 Å². The molecular weight excluding hydrogens is 238 g/mol. The van der Waals surface area contributed by atoms with Gasteiger partial charge in [-0.2, -0.15) is 0 Å². The molecule has 17 heavy (non-hydrogen) atoms. The van der Waals surface area contributed by atoms with Crippen LogP contribution in [0, 0.1) is 0 Å². The van der Waals surface area contributed by atoms with Crippen molar-refractivity contribution in [3.8, 4) is 11.5 Å². The highest BCUT2D eigenvalue weighted by atomic mass is 35.5. The van der Waals surface area contributed by atoms with Gasteiger partial charge in [-0.15, -0.1) is 0 Å². The molecule has 0 aliphatic rings. The molecule has 0 fully saturated rings. The molecule has 0 aromatic heterocycles. The van der Waals surface area contributed by atoms with Crippen LogP contribution < -0.4 is 10.5 Å². The van der Waals surface area contributed by atoms with E-state index in [4.69, 9.17) is 22.1 Å². The van der Waals surface area contributed by atoms with Crippen molar-refractivity contribution < 1.29 is 9.53 Å². The third-order valence-electron chi connectivity index (χ3n) is 2.19. The van der Waals surface area contributed by atoms with Crippen LogP contribution in [-0.2, 0) is 0 Å². The van der Waals surface area contributed by atoms with Crippen molar-refractivity contribution in [3.63, 3.8) is 0 Å². The smallest absolute Gasteiger partial charge is 0.248 e. The molecule has 0 unspecified atom stereocenters. The minimum Gasteiger partial charge on any atom is -0.457 e. The molecule has 2 aromatic rings. The van der Waals surface area contributed by atoms with Crippen molar-refractivity contribution in [1.29, 1.82) is 0 Å². The molecule has 0 heterocycles. The lowest BCUT2D eigenvalue weighted by atomic mass is 10.2.